The second-order valence-corrected chi connectivity index (χ2v) is 5.98. The first-order valence-electron chi connectivity index (χ1n) is 7.78. The highest BCUT2D eigenvalue weighted by molar-refractivity contribution is 5.97. The van der Waals surface area contributed by atoms with Gasteiger partial charge < -0.3 is 20.3 Å². The summed E-state index contributed by atoms with van der Waals surface area (Å²) in [5.41, 5.74) is 3.97. The first-order valence-corrected chi connectivity index (χ1v) is 7.78. The molecule has 0 aliphatic heterocycles. The van der Waals surface area contributed by atoms with Crippen molar-refractivity contribution >= 4 is 33.5 Å². The Balaban J connectivity index is 1.60. The van der Waals surface area contributed by atoms with E-state index in [4.69, 9.17) is 0 Å². The molecule has 0 aliphatic carbocycles. The van der Waals surface area contributed by atoms with Gasteiger partial charge in [0, 0.05) is 22.3 Å². The fourth-order valence-electron chi connectivity index (χ4n) is 3.06. The fourth-order valence-corrected chi connectivity index (χ4v) is 3.06. The molecule has 2 aromatic heterocycles. The standard InChI is InChI=1S/C18H15FN4O2/c1-9-12(13-6-10(19)2-4-14(13)20-9)8-17(24)21-11-3-5-15-16(7-11)23-18(25)22-15/h2-7,20H,8H2,1H3,(H,21,24)(H2,22,23,25). The molecule has 4 rings (SSSR count). The van der Waals surface area contributed by atoms with Crippen molar-refractivity contribution in [2.45, 2.75) is 13.3 Å². The van der Waals surface area contributed by atoms with Crippen LogP contribution in [0.2, 0.25) is 0 Å². The number of carbonyl (C=O) groups is 1. The summed E-state index contributed by atoms with van der Waals surface area (Å²) in [6.45, 7) is 1.86. The fraction of sp³-hybridized carbons (Fsp3) is 0.111. The molecule has 126 valence electrons. The van der Waals surface area contributed by atoms with Crippen LogP contribution in [0.25, 0.3) is 21.9 Å². The van der Waals surface area contributed by atoms with Crippen LogP contribution in [-0.2, 0) is 11.2 Å². The van der Waals surface area contributed by atoms with Crippen molar-refractivity contribution < 1.29 is 9.18 Å². The lowest BCUT2D eigenvalue weighted by Crippen LogP contribution is -2.14. The van der Waals surface area contributed by atoms with Gasteiger partial charge in [0.25, 0.3) is 0 Å². The molecule has 0 spiro atoms. The molecule has 0 unspecified atom stereocenters. The van der Waals surface area contributed by atoms with Crippen LogP contribution < -0.4 is 11.0 Å². The summed E-state index contributed by atoms with van der Waals surface area (Å²) < 4.78 is 13.5. The Morgan fingerprint density at radius 2 is 1.80 bits per heavy atom. The number of aryl methyl sites for hydroxylation is 1. The van der Waals surface area contributed by atoms with E-state index >= 15 is 0 Å². The number of halogens is 1. The van der Waals surface area contributed by atoms with Gasteiger partial charge in [-0.05, 0) is 48.9 Å². The Hall–Kier alpha value is -3.35. The van der Waals surface area contributed by atoms with Gasteiger partial charge in [0.1, 0.15) is 5.82 Å². The monoisotopic (exact) mass is 338 g/mol. The summed E-state index contributed by atoms with van der Waals surface area (Å²) >= 11 is 0. The van der Waals surface area contributed by atoms with Gasteiger partial charge in [-0.25, -0.2) is 9.18 Å². The summed E-state index contributed by atoms with van der Waals surface area (Å²) in [5, 5.41) is 3.51. The maximum atomic E-state index is 13.5. The van der Waals surface area contributed by atoms with Crippen LogP contribution in [0, 0.1) is 12.7 Å². The lowest BCUT2D eigenvalue weighted by molar-refractivity contribution is -0.115. The average molecular weight is 338 g/mol. The number of benzene rings is 2. The third-order valence-corrected chi connectivity index (χ3v) is 4.22. The maximum Gasteiger partial charge on any atom is 0.323 e. The van der Waals surface area contributed by atoms with E-state index in [0.29, 0.717) is 22.1 Å². The first kappa shape index (κ1) is 15.2. The predicted octanol–water partition coefficient (Wildman–Crippen LogP) is 2.97. The molecule has 7 heteroatoms. The number of aromatic nitrogens is 3. The summed E-state index contributed by atoms with van der Waals surface area (Å²) in [6.07, 6.45) is 0.122. The Morgan fingerprint density at radius 3 is 2.64 bits per heavy atom. The van der Waals surface area contributed by atoms with Crippen LogP contribution in [0.4, 0.5) is 10.1 Å². The summed E-state index contributed by atoms with van der Waals surface area (Å²) in [5.74, 6) is -0.555. The summed E-state index contributed by atoms with van der Waals surface area (Å²) in [7, 11) is 0. The van der Waals surface area contributed by atoms with E-state index in [1.165, 1.54) is 12.1 Å². The largest absolute Gasteiger partial charge is 0.358 e. The molecule has 4 N–H and O–H groups in total. The van der Waals surface area contributed by atoms with Crippen LogP contribution in [0.1, 0.15) is 11.3 Å². The molecular formula is C18H15FN4O2. The average Bonchev–Trinajstić information content (AvgIpc) is 3.06. The Labute approximate surface area is 141 Å². The van der Waals surface area contributed by atoms with E-state index in [1.54, 1.807) is 24.3 Å². The molecule has 2 heterocycles. The van der Waals surface area contributed by atoms with Crippen LogP contribution in [0.3, 0.4) is 0 Å². The van der Waals surface area contributed by atoms with E-state index in [2.05, 4.69) is 20.3 Å². The lowest BCUT2D eigenvalue weighted by Gasteiger charge is -2.06. The number of hydrogen-bond donors (Lipinski definition) is 4. The van der Waals surface area contributed by atoms with Crippen LogP contribution in [0.15, 0.2) is 41.2 Å². The highest BCUT2D eigenvalue weighted by Crippen LogP contribution is 2.24. The molecule has 1 amide bonds. The van der Waals surface area contributed by atoms with Crippen molar-refractivity contribution in [1.82, 2.24) is 15.0 Å². The van der Waals surface area contributed by atoms with Crippen molar-refractivity contribution in [1.29, 1.82) is 0 Å². The molecular weight excluding hydrogens is 323 g/mol. The topological polar surface area (TPSA) is 93.5 Å². The van der Waals surface area contributed by atoms with Crippen molar-refractivity contribution in [2.24, 2.45) is 0 Å². The molecule has 0 aliphatic rings. The van der Waals surface area contributed by atoms with Crippen molar-refractivity contribution in [2.75, 3.05) is 5.32 Å². The molecule has 4 aromatic rings. The predicted molar refractivity (Wildman–Crippen MR) is 94.2 cm³/mol. The first-order chi connectivity index (χ1) is 12.0. The van der Waals surface area contributed by atoms with E-state index < -0.39 is 0 Å². The van der Waals surface area contributed by atoms with Gasteiger partial charge in [0.05, 0.1) is 17.5 Å². The molecule has 25 heavy (non-hydrogen) atoms. The number of rotatable bonds is 3. The smallest absolute Gasteiger partial charge is 0.323 e. The molecule has 0 atom stereocenters. The quantitative estimate of drug-likeness (QED) is 0.462. The highest BCUT2D eigenvalue weighted by Gasteiger charge is 2.13. The van der Waals surface area contributed by atoms with Crippen LogP contribution in [-0.4, -0.2) is 20.9 Å². The molecule has 0 fully saturated rings. The van der Waals surface area contributed by atoms with E-state index in [0.717, 1.165) is 16.8 Å². The van der Waals surface area contributed by atoms with Crippen LogP contribution in [0.5, 0.6) is 0 Å². The minimum atomic E-state index is -0.338. The Bertz CT molecular complexity index is 1170. The molecule has 0 radical (unpaired) electrons. The second kappa shape index (κ2) is 5.62. The SMILES string of the molecule is Cc1[nH]c2ccc(F)cc2c1CC(=O)Nc1ccc2[nH]c(=O)[nH]c2c1. The van der Waals surface area contributed by atoms with Crippen molar-refractivity contribution in [3.8, 4) is 0 Å². The zero-order valence-electron chi connectivity index (χ0n) is 13.4. The number of amides is 1. The van der Waals surface area contributed by atoms with Gasteiger partial charge in [0.2, 0.25) is 5.91 Å². The lowest BCUT2D eigenvalue weighted by atomic mass is 10.1. The Morgan fingerprint density at radius 1 is 1.04 bits per heavy atom. The van der Waals surface area contributed by atoms with Gasteiger partial charge in [-0.2, -0.15) is 0 Å². The minimum Gasteiger partial charge on any atom is -0.358 e. The van der Waals surface area contributed by atoms with E-state index in [-0.39, 0.29) is 23.8 Å². The number of nitrogens with one attached hydrogen (secondary N) is 4. The molecule has 0 bridgehead atoms. The minimum absolute atomic E-state index is 0.122. The molecule has 2 aromatic carbocycles. The molecule has 0 saturated heterocycles. The van der Waals surface area contributed by atoms with Gasteiger partial charge in [-0.3, -0.25) is 4.79 Å². The van der Waals surface area contributed by atoms with E-state index in [1.807, 2.05) is 6.92 Å². The van der Waals surface area contributed by atoms with Gasteiger partial charge in [-0.1, -0.05) is 0 Å². The number of imidazole rings is 1. The second-order valence-electron chi connectivity index (χ2n) is 5.98. The molecule has 0 saturated carbocycles. The number of aromatic amines is 3. The number of hydrogen-bond acceptors (Lipinski definition) is 2. The number of carbonyl (C=O) groups excluding carboxylic acids is 1. The third kappa shape index (κ3) is 2.80. The third-order valence-electron chi connectivity index (χ3n) is 4.22. The summed E-state index contributed by atoms with van der Waals surface area (Å²) in [6, 6.07) is 9.59. The van der Waals surface area contributed by atoms with Gasteiger partial charge >= 0.3 is 5.69 Å². The number of H-pyrrole nitrogens is 3. The van der Waals surface area contributed by atoms with Gasteiger partial charge in [0.15, 0.2) is 0 Å². The van der Waals surface area contributed by atoms with Gasteiger partial charge in [-0.15, -0.1) is 0 Å². The molecule has 6 nitrogen and oxygen atoms in total. The van der Waals surface area contributed by atoms with Crippen LogP contribution >= 0.6 is 0 Å². The zero-order valence-corrected chi connectivity index (χ0v) is 13.4. The number of anilines is 1. The maximum absolute atomic E-state index is 13.5. The van der Waals surface area contributed by atoms with Crippen molar-refractivity contribution in [3.05, 3.63) is 64.0 Å². The van der Waals surface area contributed by atoms with E-state index in [9.17, 15) is 14.0 Å². The van der Waals surface area contributed by atoms with Crippen molar-refractivity contribution in [3.63, 3.8) is 0 Å². The highest BCUT2D eigenvalue weighted by atomic mass is 19.1. The zero-order chi connectivity index (χ0) is 17.6. The number of fused-ring (bicyclic) bond motifs is 2. The summed E-state index contributed by atoms with van der Waals surface area (Å²) in [4.78, 5) is 32.1. The Kier molecular flexibility index (Phi) is 3.42. The normalized spacial score (nSPS) is 11.3.